The summed E-state index contributed by atoms with van der Waals surface area (Å²) >= 11 is 0. The Hall–Kier alpha value is -3.61. The largest absolute Gasteiger partial charge is 0.497 e. The van der Waals surface area contributed by atoms with Crippen LogP contribution in [0.4, 0.5) is 10.5 Å². The Labute approximate surface area is 169 Å². The molecule has 0 spiro atoms. The molecule has 1 N–H and O–H groups in total. The number of ether oxygens (including phenoxy) is 2. The first-order chi connectivity index (χ1) is 14.2. The molecule has 7 heteroatoms. The van der Waals surface area contributed by atoms with E-state index < -0.39 is 0 Å². The third-order valence-corrected chi connectivity index (χ3v) is 4.92. The second-order valence-electron chi connectivity index (χ2n) is 6.70. The monoisotopic (exact) mass is 390 g/mol. The van der Waals surface area contributed by atoms with E-state index in [4.69, 9.17) is 14.5 Å². The van der Waals surface area contributed by atoms with Gasteiger partial charge in [-0.3, -0.25) is 0 Å². The van der Waals surface area contributed by atoms with Crippen molar-refractivity contribution in [3.05, 3.63) is 66.0 Å². The molecular formula is C22H22N4O3. The van der Waals surface area contributed by atoms with Gasteiger partial charge in [0.1, 0.15) is 11.5 Å². The summed E-state index contributed by atoms with van der Waals surface area (Å²) in [4.78, 5) is 23.7. The maximum Gasteiger partial charge on any atom is 0.322 e. The molecule has 0 bridgehead atoms. The van der Waals surface area contributed by atoms with E-state index in [0.29, 0.717) is 36.8 Å². The van der Waals surface area contributed by atoms with Gasteiger partial charge < -0.3 is 19.7 Å². The molecule has 1 aromatic heterocycles. The van der Waals surface area contributed by atoms with Crippen LogP contribution in [-0.4, -0.2) is 41.7 Å². The van der Waals surface area contributed by atoms with Gasteiger partial charge in [-0.1, -0.05) is 12.1 Å². The number of fused-ring (bicyclic) bond motifs is 1. The number of benzene rings is 2. The van der Waals surface area contributed by atoms with Gasteiger partial charge in [0.25, 0.3) is 0 Å². The molecule has 2 aromatic carbocycles. The normalized spacial score (nSPS) is 12.8. The molecule has 0 fully saturated rings. The Balaban J connectivity index is 1.48. The van der Waals surface area contributed by atoms with Gasteiger partial charge in [0.05, 0.1) is 32.1 Å². The Bertz CT molecular complexity index is 1020. The quantitative estimate of drug-likeness (QED) is 0.734. The fourth-order valence-corrected chi connectivity index (χ4v) is 3.31. The van der Waals surface area contributed by atoms with E-state index in [1.54, 1.807) is 19.1 Å². The van der Waals surface area contributed by atoms with Crippen LogP contribution in [0.5, 0.6) is 11.5 Å². The summed E-state index contributed by atoms with van der Waals surface area (Å²) in [6.45, 7) is 1.06. The molecule has 0 saturated carbocycles. The summed E-state index contributed by atoms with van der Waals surface area (Å²) in [7, 11) is 3.22. The molecule has 7 nitrogen and oxygen atoms in total. The van der Waals surface area contributed by atoms with E-state index in [2.05, 4.69) is 10.3 Å². The molecule has 2 heterocycles. The minimum Gasteiger partial charge on any atom is -0.497 e. The molecule has 0 radical (unpaired) electrons. The van der Waals surface area contributed by atoms with Crippen LogP contribution in [-0.2, 0) is 13.0 Å². The summed E-state index contributed by atoms with van der Waals surface area (Å²) in [5.41, 5.74) is 3.53. The molecule has 1 aliphatic heterocycles. The molecule has 0 atom stereocenters. The third-order valence-electron chi connectivity index (χ3n) is 4.92. The van der Waals surface area contributed by atoms with Crippen molar-refractivity contribution in [1.82, 2.24) is 14.9 Å². The molecule has 4 rings (SSSR count). The maximum atomic E-state index is 12.7. The predicted octanol–water partition coefficient (Wildman–Crippen LogP) is 3.75. The van der Waals surface area contributed by atoms with Gasteiger partial charge in [0.2, 0.25) is 0 Å². The van der Waals surface area contributed by atoms with Crippen LogP contribution in [0.1, 0.15) is 11.3 Å². The van der Waals surface area contributed by atoms with Gasteiger partial charge in [-0.05, 0) is 36.4 Å². The van der Waals surface area contributed by atoms with Crippen molar-refractivity contribution in [3.63, 3.8) is 0 Å². The fourth-order valence-electron chi connectivity index (χ4n) is 3.31. The number of carbonyl (C=O) groups excluding carboxylic acids is 1. The average Bonchev–Trinajstić information content (AvgIpc) is 2.78. The van der Waals surface area contributed by atoms with Crippen molar-refractivity contribution >= 4 is 11.7 Å². The van der Waals surface area contributed by atoms with Gasteiger partial charge in [-0.25, -0.2) is 14.8 Å². The first-order valence-corrected chi connectivity index (χ1v) is 9.36. The zero-order valence-electron chi connectivity index (χ0n) is 16.4. The summed E-state index contributed by atoms with van der Waals surface area (Å²) in [5.74, 6) is 2.10. The molecule has 29 heavy (non-hydrogen) atoms. The maximum absolute atomic E-state index is 12.7. The van der Waals surface area contributed by atoms with Gasteiger partial charge in [0, 0.05) is 30.3 Å². The van der Waals surface area contributed by atoms with Crippen LogP contribution in [0.15, 0.2) is 54.7 Å². The zero-order valence-corrected chi connectivity index (χ0v) is 16.4. The Kier molecular flexibility index (Phi) is 5.29. The van der Waals surface area contributed by atoms with Gasteiger partial charge in [-0.2, -0.15) is 0 Å². The van der Waals surface area contributed by atoms with E-state index in [1.807, 2.05) is 54.7 Å². The molecule has 2 amide bonds. The lowest BCUT2D eigenvalue weighted by Crippen LogP contribution is -2.39. The first-order valence-electron chi connectivity index (χ1n) is 9.36. The van der Waals surface area contributed by atoms with E-state index in [0.717, 1.165) is 22.6 Å². The van der Waals surface area contributed by atoms with E-state index in [-0.39, 0.29) is 6.03 Å². The number of nitrogens with zero attached hydrogens (tertiary/aromatic N) is 3. The summed E-state index contributed by atoms with van der Waals surface area (Å²) in [6, 6.07) is 14.9. The molecular weight excluding hydrogens is 368 g/mol. The smallest absolute Gasteiger partial charge is 0.322 e. The van der Waals surface area contributed by atoms with E-state index in [9.17, 15) is 4.79 Å². The van der Waals surface area contributed by atoms with Crippen molar-refractivity contribution in [2.24, 2.45) is 0 Å². The minimum absolute atomic E-state index is 0.167. The molecule has 0 saturated heterocycles. The Morgan fingerprint density at radius 3 is 2.62 bits per heavy atom. The van der Waals surface area contributed by atoms with Gasteiger partial charge in [-0.15, -0.1) is 0 Å². The highest BCUT2D eigenvalue weighted by molar-refractivity contribution is 5.91. The van der Waals surface area contributed by atoms with Gasteiger partial charge >= 0.3 is 6.03 Å². The highest BCUT2D eigenvalue weighted by Crippen LogP contribution is 2.26. The first kappa shape index (κ1) is 18.7. The second-order valence-corrected chi connectivity index (χ2v) is 6.70. The van der Waals surface area contributed by atoms with Crippen LogP contribution in [0.3, 0.4) is 0 Å². The number of hydrogen-bond donors (Lipinski definition) is 1. The average molecular weight is 390 g/mol. The van der Waals surface area contributed by atoms with Crippen LogP contribution in [0, 0.1) is 0 Å². The molecule has 3 aromatic rings. The van der Waals surface area contributed by atoms with Crippen LogP contribution in [0.2, 0.25) is 0 Å². The second kappa shape index (κ2) is 8.18. The summed E-state index contributed by atoms with van der Waals surface area (Å²) in [5, 5.41) is 2.92. The predicted molar refractivity (Wildman–Crippen MR) is 110 cm³/mol. The van der Waals surface area contributed by atoms with E-state index >= 15 is 0 Å². The lowest BCUT2D eigenvalue weighted by atomic mass is 10.1. The van der Waals surface area contributed by atoms with Crippen molar-refractivity contribution in [2.45, 2.75) is 13.0 Å². The van der Waals surface area contributed by atoms with E-state index in [1.165, 1.54) is 0 Å². The number of aromatic nitrogens is 2. The van der Waals surface area contributed by atoms with Crippen molar-refractivity contribution in [2.75, 3.05) is 26.1 Å². The molecule has 0 unspecified atom stereocenters. The number of methoxy groups -OCH3 is 2. The molecule has 0 aliphatic carbocycles. The van der Waals surface area contributed by atoms with Crippen LogP contribution >= 0.6 is 0 Å². The van der Waals surface area contributed by atoms with Crippen molar-refractivity contribution in [1.29, 1.82) is 0 Å². The van der Waals surface area contributed by atoms with Crippen molar-refractivity contribution in [3.8, 4) is 22.9 Å². The number of nitrogens with one attached hydrogen (secondary N) is 1. The number of urea groups is 1. The molecule has 148 valence electrons. The topological polar surface area (TPSA) is 76.6 Å². The number of rotatable bonds is 4. The number of carbonyl (C=O) groups is 1. The number of hydrogen-bond acceptors (Lipinski definition) is 5. The van der Waals surface area contributed by atoms with Crippen LogP contribution in [0.25, 0.3) is 11.4 Å². The fraction of sp³-hybridized carbons (Fsp3) is 0.227. The number of anilines is 1. The lowest BCUT2D eigenvalue weighted by Gasteiger charge is -2.28. The minimum atomic E-state index is -0.167. The zero-order chi connectivity index (χ0) is 20.2. The Morgan fingerprint density at radius 1 is 1.07 bits per heavy atom. The highest BCUT2D eigenvalue weighted by Gasteiger charge is 2.23. The third kappa shape index (κ3) is 3.99. The summed E-state index contributed by atoms with van der Waals surface area (Å²) < 4.78 is 10.5. The highest BCUT2D eigenvalue weighted by atomic mass is 16.5. The Morgan fingerprint density at radius 2 is 1.86 bits per heavy atom. The SMILES string of the molecule is COc1ccc(-c2ncc3c(n2)CCN(C(=O)Nc2ccccc2OC)C3)cc1. The van der Waals surface area contributed by atoms with Crippen molar-refractivity contribution < 1.29 is 14.3 Å². The van der Waals surface area contributed by atoms with Crippen LogP contribution < -0.4 is 14.8 Å². The number of para-hydroxylation sites is 2. The molecule has 1 aliphatic rings. The number of amides is 2. The standard InChI is InChI=1S/C22H22N4O3/c1-28-17-9-7-15(8-10-17)21-23-13-16-14-26(12-11-18(16)24-21)22(27)25-19-5-3-4-6-20(19)29-2/h3-10,13H,11-12,14H2,1-2H3,(H,25,27). The summed E-state index contributed by atoms with van der Waals surface area (Å²) in [6.07, 6.45) is 2.49. The lowest BCUT2D eigenvalue weighted by molar-refractivity contribution is 0.205. The van der Waals surface area contributed by atoms with Gasteiger partial charge in [0.15, 0.2) is 5.82 Å².